The van der Waals surface area contributed by atoms with E-state index in [0.717, 1.165) is 29.1 Å². The summed E-state index contributed by atoms with van der Waals surface area (Å²) in [6, 6.07) is 6.03. The fraction of sp³-hybridized carbons (Fsp3) is 0.435. The first-order valence-corrected chi connectivity index (χ1v) is 9.92. The summed E-state index contributed by atoms with van der Waals surface area (Å²) < 4.78 is 5.34. The van der Waals surface area contributed by atoms with Crippen LogP contribution in [0.15, 0.2) is 34.8 Å². The van der Waals surface area contributed by atoms with Crippen molar-refractivity contribution in [2.75, 3.05) is 13.7 Å². The van der Waals surface area contributed by atoms with Crippen molar-refractivity contribution in [1.29, 1.82) is 0 Å². The fourth-order valence-electron chi connectivity index (χ4n) is 4.34. The van der Waals surface area contributed by atoms with Crippen LogP contribution in [0.4, 0.5) is 0 Å². The number of aliphatic imine (C=N–C) groups is 1. The van der Waals surface area contributed by atoms with Gasteiger partial charge in [0.2, 0.25) is 0 Å². The molecule has 0 amide bonds. The number of methoxy groups -OCH3 is 1. The maximum Gasteiger partial charge on any atom is 0.163 e. The third-order valence-corrected chi connectivity index (χ3v) is 6.07. The molecule has 1 aliphatic carbocycles. The van der Waals surface area contributed by atoms with E-state index in [4.69, 9.17) is 9.73 Å². The molecule has 1 aromatic heterocycles. The Kier molecular flexibility index (Phi) is 4.69. The van der Waals surface area contributed by atoms with Crippen molar-refractivity contribution in [1.82, 2.24) is 4.98 Å². The number of nitrogens with one attached hydrogen (secondary N) is 1. The molecule has 146 valence electrons. The number of nitrogens with zero attached hydrogens (tertiary/aromatic N) is 1. The molecule has 28 heavy (non-hydrogen) atoms. The summed E-state index contributed by atoms with van der Waals surface area (Å²) in [5.41, 5.74) is 4.80. The Labute approximate surface area is 164 Å². The van der Waals surface area contributed by atoms with Gasteiger partial charge in [0.1, 0.15) is 5.75 Å². The lowest BCUT2D eigenvalue weighted by Gasteiger charge is -2.29. The molecule has 5 nitrogen and oxygen atoms in total. The lowest BCUT2D eigenvalue weighted by atomic mass is 9.73. The van der Waals surface area contributed by atoms with Gasteiger partial charge in [-0.25, -0.2) is 0 Å². The summed E-state index contributed by atoms with van der Waals surface area (Å²) in [6.07, 6.45) is 2.92. The van der Waals surface area contributed by atoms with Crippen LogP contribution in [0.3, 0.4) is 0 Å². The van der Waals surface area contributed by atoms with E-state index in [1.54, 1.807) is 13.2 Å². The zero-order chi connectivity index (χ0) is 20.0. The lowest BCUT2D eigenvalue weighted by Crippen LogP contribution is -2.36. The van der Waals surface area contributed by atoms with E-state index in [0.29, 0.717) is 18.5 Å². The average Bonchev–Trinajstić information content (AvgIpc) is 3.06. The van der Waals surface area contributed by atoms with Crippen LogP contribution in [-0.2, 0) is 16.0 Å². The van der Waals surface area contributed by atoms with Crippen LogP contribution >= 0.6 is 0 Å². The Morgan fingerprint density at radius 3 is 2.79 bits per heavy atom. The maximum atomic E-state index is 13.1. The number of H-pyrrole nitrogens is 1. The summed E-state index contributed by atoms with van der Waals surface area (Å²) in [5.74, 6) is 0.336. The van der Waals surface area contributed by atoms with Gasteiger partial charge in [0.25, 0.3) is 0 Å². The normalized spacial score (nSPS) is 22.3. The summed E-state index contributed by atoms with van der Waals surface area (Å²) in [6.45, 7) is 6.49. The number of ether oxygens (including phenoxy) is 1. The van der Waals surface area contributed by atoms with E-state index in [1.165, 1.54) is 10.9 Å². The van der Waals surface area contributed by atoms with Crippen molar-refractivity contribution in [3.63, 3.8) is 0 Å². The van der Waals surface area contributed by atoms with Gasteiger partial charge in [-0.05, 0) is 36.1 Å². The highest BCUT2D eigenvalue weighted by Crippen LogP contribution is 2.34. The minimum Gasteiger partial charge on any atom is -0.497 e. The number of hydrogen-bond donors (Lipinski definition) is 1. The van der Waals surface area contributed by atoms with Crippen molar-refractivity contribution in [3.05, 3.63) is 41.1 Å². The van der Waals surface area contributed by atoms with Crippen LogP contribution < -0.4 is 4.74 Å². The van der Waals surface area contributed by atoms with E-state index in [1.807, 2.05) is 32.9 Å². The smallest absolute Gasteiger partial charge is 0.163 e. The number of benzene rings is 1. The largest absolute Gasteiger partial charge is 0.497 e. The van der Waals surface area contributed by atoms with Crippen molar-refractivity contribution in [2.24, 2.45) is 22.7 Å². The molecule has 0 saturated heterocycles. The number of ketones is 2. The van der Waals surface area contributed by atoms with E-state index < -0.39 is 0 Å². The quantitative estimate of drug-likeness (QED) is 0.877. The predicted octanol–water partition coefficient (Wildman–Crippen LogP) is 3.90. The van der Waals surface area contributed by atoms with Crippen LogP contribution in [0.5, 0.6) is 5.75 Å². The number of allylic oxidation sites excluding steroid dienone is 2. The van der Waals surface area contributed by atoms with Gasteiger partial charge in [-0.1, -0.05) is 20.8 Å². The molecule has 1 aromatic carbocycles. The van der Waals surface area contributed by atoms with Gasteiger partial charge in [-0.15, -0.1) is 0 Å². The number of carbonyl (C=O) groups excluding carboxylic acids is 2. The van der Waals surface area contributed by atoms with Crippen LogP contribution in [0.2, 0.25) is 0 Å². The highest BCUT2D eigenvalue weighted by molar-refractivity contribution is 6.14. The first-order valence-electron chi connectivity index (χ1n) is 9.92. The number of Topliss-reactive ketones (excluding diaryl/α,β-unsaturated/α-hetero) is 1. The SMILES string of the molecule is COc1ccc2c3c([nH]c2c1)C(CC1C(=O)C(C(C)C)=CC(=O)C1C)=NCC3. The molecule has 0 radical (unpaired) electrons. The number of aromatic amines is 1. The van der Waals surface area contributed by atoms with Gasteiger partial charge < -0.3 is 9.72 Å². The Morgan fingerprint density at radius 2 is 2.07 bits per heavy atom. The number of fused-ring (bicyclic) bond motifs is 3. The standard InChI is InChI=1S/C23H26N2O3/c1-12(2)17-11-21(26)13(3)18(23(17)27)10-20-22-16(7-8-24-20)15-6-5-14(28-4)9-19(15)25-22/h5-6,9,11-13,18,25H,7-8,10H2,1-4H3. The molecule has 1 N–H and O–H groups in total. The maximum absolute atomic E-state index is 13.1. The minimum atomic E-state index is -0.347. The third-order valence-electron chi connectivity index (χ3n) is 6.07. The summed E-state index contributed by atoms with van der Waals surface area (Å²) >= 11 is 0. The van der Waals surface area contributed by atoms with Gasteiger partial charge >= 0.3 is 0 Å². The van der Waals surface area contributed by atoms with E-state index in [9.17, 15) is 9.59 Å². The Bertz CT molecular complexity index is 1030. The molecule has 1 aliphatic heterocycles. The minimum absolute atomic E-state index is 0.0475. The Balaban J connectivity index is 1.70. The number of aromatic nitrogens is 1. The summed E-state index contributed by atoms with van der Waals surface area (Å²) in [5, 5.41) is 1.17. The first-order chi connectivity index (χ1) is 13.4. The van der Waals surface area contributed by atoms with Gasteiger partial charge in [0, 0.05) is 47.3 Å². The number of carbonyl (C=O) groups is 2. The predicted molar refractivity (Wildman–Crippen MR) is 110 cm³/mol. The molecular formula is C23H26N2O3. The zero-order valence-electron chi connectivity index (χ0n) is 16.8. The van der Waals surface area contributed by atoms with Crippen LogP contribution in [-0.4, -0.2) is 35.9 Å². The fourth-order valence-corrected chi connectivity index (χ4v) is 4.34. The summed E-state index contributed by atoms with van der Waals surface area (Å²) in [7, 11) is 1.66. The van der Waals surface area contributed by atoms with E-state index in [2.05, 4.69) is 11.1 Å². The second kappa shape index (κ2) is 7.04. The highest BCUT2D eigenvalue weighted by Gasteiger charge is 2.38. The topological polar surface area (TPSA) is 71.5 Å². The first kappa shape index (κ1) is 18.7. The highest BCUT2D eigenvalue weighted by atomic mass is 16.5. The molecule has 0 bridgehead atoms. The second-order valence-electron chi connectivity index (χ2n) is 8.09. The van der Waals surface area contributed by atoms with E-state index >= 15 is 0 Å². The second-order valence-corrected chi connectivity index (χ2v) is 8.09. The van der Waals surface area contributed by atoms with Crippen LogP contribution in [0.25, 0.3) is 10.9 Å². The van der Waals surface area contributed by atoms with Crippen molar-refractivity contribution in [2.45, 2.75) is 33.6 Å². The lowest BCUT2D eigenvalue weighted by molar-refractivity contribution is -0.129. The van der Waals surface area contributed by atoms with Crippen molar-refractivity contribution >= 4 is 28.2 Å². The molecular weight excluding hydrogens is 352 g/mol. The Hall–Kier alpha value is -2.69. The third kappa shape index (κ3) is 2.99. The van der Waals surface area contributed by atoms with Gasteiger partial charge in [-0.3, -0.25) is 14.6 Å². The number of rotatable bonds is 4. The zero-order valence-corrected chi connectivity index (χ0v) is 16.8. The molecule has 0 fully saturated rings. The van der Waals surface area contributed by atoms with Crippen LogP contribution in [0, 0.1) is 17.8 Å². The van der Waals surface area contributed by atoms with Crippen molar-refractivity contribution < 1.29 is 14.3 Å². The van der Waals surface area contributed by atoms with Crippen LogP contribution in [0.1, 0.15) is 38.4 Å². The van der Waals surface area contributed by atoms with E-state index in [-0.39, 0.29) is 29.3 Å². The van der Waals surface area contributed by atoms with Gasteiger partial charge in [0.05, 0.1) is 18.5 Å². The molecule has 2 aliphatic rings. The number of hydrogen-bond acceptors (Lipinski definition) is 4. The molecule has 2 aromatic rings. The summed E-state index contributed by atoms with van der Waals surface area (Å²) in [4.78, 5) is 33.8. The van der Waals surface area contributed by atoms with Crippen molar-refractivity contribution in [3.8, 4) is 5.75 Å². The molecule has 0 spiro atoms. The van der Waals surface area contributed by atoms with Gasteiger partial charge in [0.15, 0.2) is 11.6 Å². The monoisotopic (exact) mass is 378 g/mol. The molecule has 4 rings (SSSR count). The van der Waals surface area contributed by atoms with Gasteiger partial charge in [-0.2, -0.15) is 0 Å². The molecule has 2 atom stereocenters. The molecule has 2 heterocycles. The molecule has 0 saturated carbocycles. The molecule has 2 unspecified atom stereocenters. The Morgan fingerprint density at radius 1 is 1.29 bits per heavy atom. The average molecular weight is 378 g/mol. The molecule has 5 heteroatoms.